The number of piperazine rings is 1. The molecule has 0 aliphatic carbocycles. The minimum atomic E-state index is -4.53. The average Bonchev–Trinajstić information content (AvgIpc) is 2.67. The van der Waals surface area contributed by atoms with E-state index in [1.54, 1.807) is 37.1 Å². The van der Waals surface area contributed by atoms with E-state index >= 15 is 0 Å². The van der Waals surface area contributed by atoms with E-state index in [0.717, 1.165) is 24.3 Å². The van der Waals surface area contributed by atoms with Crippen LogP contribution in [0.25, 0.3) is 0 Å². The normalized spacial score (nSPS) is 18.7. The van der Waals surface area contributed by atoms with Crippen LogP contribution < -0.4 is 0 Å². The van der Waals surface area contributed by atoms with Gasteiger partial charge in [0, 0.05) is 43.1 Å². The van der Waals surface area contributed by atoms with Crippen molar-refractivity contribution in [1.29, 1.82) is 0 Å². The van der Waals surface area contributed by atoms with E-state index < -0.39 is 27.8 Å². The Balaban J connectivity index is 1.75. The highest BCUT2D eigenvalue weighted by atomic mass is 32.2. The third kappa shape index (κ3) is 4.43. The first-order valence-electron chi connectivity index (χ1n) is 8.91. The number of nitrogens with zero attached hydrogens (tertiary/aromatic N) is 3. The molecule has 1 atom stereocenters. The second-order valence-corrected chi connectivity index (χ2v) is 8.86. The lowest BCUT2D eigenvalue weighted by Gasteiger charge is -2.39. The van der Waals surface area contributed by atoms with E-state index in [4.69, 9.17) is 0 Å². The summed E-state index contributed by atoms with van der Waals surface area (Å²) in [6, 6.07) is 6.30. The van der Waals surface area contributed by atoms with Crippen LogP contribution in [-0.2, 0) is 16.2 Å². The van der Waals surface area contributed by atoms with Crippen LogP contribution in [0.3, 0.4) is 0 Å². The van der Waals surface area contributed by atoms with Crippen molar-refractivity contribution in [2.24, 2.45) is 0 Å². The molecule has 1 aromatic carbocycles. The summed E-state index contributed by atoms with van der Waals surface area (Å²) >= 11 is 0. The molecule has 1 aromatic heterocycles. The number of aromatic nitrogens is 1. The van der Waals surface area contributed by atoms with Gasteiger partial charge in [-0.15, -0.1) is 0 Å². The van der Waals surface area contributed by atoms with Crippen molar-refractivity contribution >= 4 is 15.9 Å². The summed E-state index contributed by atoms with van der Waals surface area (Å²) in [7, 11) is -3.96. The monoisotopic (exact) mass is 427 g/mol. The fourth-order valence-electron chi connectivity index (χ4n) is 3.25. The van der Waals surface area contributed by atoms with Crippen LogP contribution in [-0.4, -0.2) is 54.2 Å². The Morgan fingerprint density at radius 3 is 2.34 bits per heavy atom. The maximum Gasteiger partial charge on any atom is 0.416 e. The predicted molar refractivity (Wildman–Crippen MR) is 99.7 cm³/mol. The molecule has 29 heavy (non-hydrogen) atoms. The third-order valence-corrected chi connectivity index (χ3v) is 6.69. The van der Waals surface area contributed by atoms with E-state index in [1.165, 1.54) is 4.31 Å². The Hall–Kier alpha value is -2.46. The molecule has 1 saturated heterocycles. The smallest absolute Gasteiger partial charge is 0.333 e. The topological polar surface area (TPSA) is 70.6 Å². The van der Waals surface area contributed by atoms with Crippen molar-refractivity contribution in [1.82, 2.24) is 14.2 Å². The molecule has 1 fully saturated rings. The highest BCUT2D eigenvalue weighted by Crippen LogP contribution is 2.30. The highest BCUT2D eigenvalue weighted by molar-refractivity contribution is 7.89. The van der Waals surface area contributed by atoms with Gasteiger partial charge in [-0.3, -0.25) is 9.78 Å². The number of benzene rings is 1. The van der Waals surface area contributed by atoms with Crippen LogP contribution >= 0.6 is 0 Å². The Bertz CT molecular complexity index is 1010. The first-order valence-corrected chi connectivity index (χ1v) is 10.3. The van der Waals surface area contributed by atoms with Crippen LogP contribution in [0.5, 0.6) is 0 Å². The summed E-state index contributed by atoms with van der Waals surface area (Å²) in [5.74, 6) is -0.213. The van der Waals surface area contributed by atoms with Gasteiger partial charge in [0.1, 0.15) is 0 Å². The molecule has 2 heterocycles. The van der Waals surface area contributed by atoms with Gasteiger partial charge in [0.25, 0.3) is 5.91 Å². The maximum absolute atomic E-state index is 12.8. The number of alkyl halides is 3. The van der Waals surface area contributed by atoms with Gasteiger partial charge < -0.3 is 4.90 Å². The lowest BCUT2D eigenvalue weighted by atomic mass is 10.1. The van der Waals surface area contributed by atoms with E-state index in [-0.39, 0.29) is 30.4 Å². The number of hydrogen-bond donors (Lipinski definition) is 0. The van der Waals surface area contributed by atoms with Gasteiger partial charge in [-0.2, -0.15) is 17.5 Å². The molecule has 10 heteroatoms. The van der Waals surface area contributed by atoms with Gasteiger partial charge in [0.2, 0.25) is 10.0 Å². The largest absolute Gasteiger partial charge is 0.416 e. The van der Waals surface area contributed by atoms with Crippen molar-refractivity contribution < 1.29 is 26.4 Å². The summed E-state index contributed by atoms with van der Waals surface area (Å²) in [6.45, 7) is 3.80. The number of carbonyl (C=O) groups is 1. The molecule has 0 unspecified atom stereocenters. The molecule has 0 bridgehead atoms. The molecule has 1 aliphatic rings. The number of aryl methyl sites for hydroxylation is 1. The molecule has 3 rings (SSSR count). The summed E-state index contributed by atoms with van der Waals surface area (Å²) in [6.07, 6.45) is -2.99. The fraction of sp³-hybridized carbons (Fsp3) is 0.368. The average molecular weight is 427 g/mol. The SMILES string of the molecule is Cc1cc(C(=O)N2CCN(S(=O)(=O)c3ccc(C(F)(F)F)cc3)C[C@@H]2C)ccn1. The number of halogens is 3. The molecule has 0 radical (unpaired) electrons. The quantitative estimate of drug-likeness (QED) is 0.755. The standard InChI is InChI=1S/C19H20F3N3O3S/c1-13-11-15(7-8-23-13)18(26)25-10-9-24(12-14(25)2)29(27,28)17-5-3-16(4-6-17)19(20,21)22/h3-8,11,14H,9-10,12H2,1-2H3/t14-/m0/s1. The van der Waals surface area contributed by atoms with Crippen LogP contribution in [0, 0.1) is 6.92 Å². The molecule has 0 N–H and O–H groups in total. The van der Waals surface area contributed by atoms with E-state index in [1.807, 2.05) is 0 Å². The minimum Gasteiger partial charge on any atom is -0.333 e. The zero-order valence-electron chi connectivity index (χ0n) is 15.8. The summed E-state index contributed by atoms with van der Waals surface area (Å²) in [5, 5.41) is 0. The number of hydrogen-bond acceptors (Lipinski definition) is 4. The van der Waals surface area contributed by atoms with Crippen molar-refractivity contribution in [2.75, 3.05) is 19.6 Å². The van der Waals surface area contributed by atoms with Crippen molar-refractivity contribution in [3.8, 4) is 0 Å². The maximum atomic E-state index is 12.8. The highest BCUT2D eigenvalue weighted by Gasteiger charge is 2.35. The molecule has 1 amide bonds. The van der Waals surface area contributed by atoms with Crippen molar-refractivity contribution in [2.45, 2.75) is 31.0 Å². The molecule has 0 saturated carbocycles. The van der Waals surface area contributed by atoms with Crippen LogP contribution in [0.15, 0.2) is 47.5 Å². The predicted octanol–water partition coefficient (Wildman–Crippen LogP) is 2.94. The number of rotatable bonds is 3. The molecule has 156 valence electrons. The van der Waals surface area contributed by atoms with Crippen molar-refractivity contribution in [3.63, 3.8) is 0 Å². The zero-order valence-corrected chi connectivity index (χ0v) is 16.7. The summed E-state index contributed by atoms with van der Waals surface area (Å²) < 4.78 is 64.9. The van der Waals surface area contributed by atoms with Crippen LogP contribution in [0.1, 0.15) is 28.5 Å². The lowest BCUT2D eigenvalue weighted by molar-refractivity contribution is -0.137. The van der Waals surface area contributed by atoms with E-state index in [9.17, 15) is 26.4 Å². The number of sulfonamides is 1. The molecular formula is C19H20F3N3O3S. The third-order valence-electron chi connectivity index (χ3n) is 4.81. The lowest BCUT2D eigenvalue weighted by Crippen LogP contribution is -2.55. The molecule has 0 spiro atoms. The number of amides is 1. The second kappa shape index (κ2) is 7.75. The second-order valence-electron chi connectivity index (χ2n) is 6.92. The van der Waals surface area contributed by atoms with Gasteiger partial charge in [0.15, 0.2) is 0 Å². The number of pyridine rings is 1. The summed E-state index contributed by atoms with van der Waals surface area (Å²) in [5.41, 5.74) is 0.267. The first kappa shape index (κ1) is 21.3. The number of carbonyl (C=O) groups excluding carboxylic acids is 1. The Labute approximate surface area is 167 Å². The fourth-order valence-corrected chi connectivity index (χ4v) is 4.77. The molecule has 6 nitrogen and oxygen atoms in total. The van der Waals surface area contributed by atoms with E-state index in [2.05, 4.69) is 4.98 Å². The molecule has 1 aliphatic heterocycles. The molecular weight excluding hydrogens is 407 g/mol. The molecule has 2 aromatic rings. The van der Waals surface area contributed by atoms with Crippen LogP contribution in [0.4, 0.5) is 13.2 Å². The van der Waals surface area contributed by atoms with E-state index in [0.29, 0.717) is 11.3 Å². The van der Waals surface area contributed by atoms with Crippen LogP contribution in [0.2, 0.25) is 0 Å². The summed E-state index contributed by atoms with van der Waals surface area (Å²) in [4.78, 5) is 18.2. The van der Waals surface area contributed by atoms with Crippen molar-refractivity contribution in [3.05, 3.63) is 59.4 Å². The van der Waals surface area contributed by atoms with Gasteiger partial charge in [-0.1, -0.05) is 0 Å². The Morgan fingerprint density at radius 1 is 1.14 bits per heavy atom. The van der Waals surface area contributed by atoms with Gasteiger partial charge in [-0.05, 0) is 50.2 Å². The Kier molecular flexibility index (Phi) is 5.68. The van der Waals surface area contributed by atoms with Gasteiger partial charge in [-0.25, -0.2) is 8.42 Å². The Morgan fingerprint density at radius 2 is 1.79 bits per heavy atom. The first-order chi connectivity index (χ1) is 13.5. The zero-order chi connectivity index (χ0) is 21.4. The minimum absolute atomic E-state index is 0.0547. The van der Waals surface area contributed by atoms with Gasteiger partial charge in [0.05, 0.1) is 10.5 Å². The van der Waals surface area contributed by atoms with Gasteiger partial charge >= 0.3 is 6.18 Å².